The Bertz CT molecular complexity index is 1250. The van der Waals surface area contributed by atoms with Crippen LogP contribution in [0.2, 0.25) is 0 Å². The average molecular weight is 598 g/mol. The predicted molar refractivity (Wildman–Crippen MR) is 189 cm³/mol. The zero-order valence-electron chi connectivity index (χ0n) is 28.8. The van der Waals surface area contributed by atoms with Crippen molar-refractivity contribution in [3.05, 3.63) is 137 Å². The molecule has 0 radical (unpaired) electrons. The van der Waals surface area contributed by atoms with E-state index in [0.29, 0.717) is 12.2 Å². The quantitative estimate of drug-likeness (QED) is 0.197. The van der Waals surface area contributed by atoms with E-state index >= 15 is 0 Å². The topological polar surface area (TPSA) is 55.4 Å². The molecule has 0 heterocycles. The van der Waals surface area contributed by atoms with Crippen LogP contribution in [0.25, 0.3) is 0 Å². The molecule has 238 valence electrons. The summed E-state index contributed by atoms with van der Waals surface area (Å²) in [6.45, 7) is 23.3. The Morgan fingerprint density at radius 2 is 1.30 bits per heavy atom. The molecule has 1 amide bonds. The summed E-state index contributed by atoms with van der Waals surface area (Å²) in [4.78, 5) is 22.2. The number of hydrogen-bond donors (Lipinski definition) is 1. The lowest BCUT2D eigenvalue weighted by molar-refractivity contribution is -0.120. The number of allylic oxidation sites excluding steroid dienone is 5. The highest BCUT2D eigenvalue weighted by molar-refractivity contribution is 5.94. The van der Waals surface area contributed by atoms with Gasteiger partial charge in [-0.2, -0.15) is 0 Å². The van der Waals surface area contributed by atoms with Gasteiger partial charge in [0.1, 0.15) is 12.4 Å². The molecule has 0 saturated heterocycles. The minimum absolute atomic E-state index is 0.0255. The molecule has 3 aromatic carbocycles. The number of nitrogens with one attached hydrogen (secondary N) is 1. The van der Waals surface area contributed by atoms with Crippen LogP contribution in [0.5, 0.6) is 5.75 Å². The smallest absolute Gasteiger partial charge is 0.217 e. The van der Waals surface area contributed by atoms with Gasteiger partial charge < -0.3 is 10.1 Å². The van der Waals surface area contributed by atoms with Crippen LogP contribution in [0, 0.1) is 0 Å². The Kier molecular flexibility index (Phi) is 20.2. The van der Waals surface area contributed by atoms with Crippen LogP contribution in [0.1, 0.15) is 96.3 Å². The minimum Gasteiger partial charge on any atom is -0.489 e. The molecule has 0 atom stereocenters. The molecule has 0 aromatic heterocycles. The van der Waals surface area contributed by atoms with Crippen LogP contribution in [0.15, 0.2) is 115 Å². The maximum Gasteiger partial charge on any atom is 0.217 e. The lowest BCUT2D eigenvalue weighted by Gasteiger charge is -2.18. The van der Waals surface area contributed by atoms with Crippen LogP contribution < -0.4 is 10.1 Å². The normalized spacial score (nSPS) is 10.6. The largest absolute Gasteiger partial charge is 0.489 e. The van der Waals surface area contributed by atoms with E-state index in [-0.39, 0.29) is 17.2 Å². The first-order valence-corrected chi connectivity index (χ1v) is 15.4. The minimum atomic E-state index is -0.0775. The number of carbonyl (C=O) groups excluding carboxylic acids is 2. The number of ketones is 1. The fraction of sp³-hybridized carbons (Fsp3) is 0.350. The first-order chi connectivity index (χ1) is 20.8. The van der Waals surface area contributed by atoms with E-state index in [1.165, 1.54) is 18.1 Å². The van der Waals surface area contributed by atoms with Crippen molar-refractivity contribution in [3.8, 4) is 5.75 Å². The molecule has 4 nitrogen and oxygen atoms in total. The van der Waals surface area contributed by atoms with Gasteiger partial charge in [-0.3, -0.25) is 9.59 Å². The summed E-state index contributed by atoms with van der Waals surface area (Å²) in [6.07, 6.45) is 7.96. The van der Waals surface area contributed by atoms with Gasteiger partial charge in [0.15, 0.2) is 5.78 Å². The van der Waals surface area contributed by atoms with Gasteiger partial charge in [0.2, 0.25) is 5.91 Å². The van der Waals surface area contributed by atoms with Crippen LogP contribution in [-0.2, 0) is 24.2 Å². The van der Waals surface area contributed by atoms with Crippen LogP contribution in [-0.4, -0.2) is 17.2 Å². The van der Waals surface area contributed by atoms with E-state index in [9.17, 15) is 9.59 Å². The first-order valence-electron chi connectivity index (χ1n) is 15.4. The zero-order valence-corrected chi connectivity index (χ0v) is 28.8. The zero-order chi connectivity index (χ0) is 33.5. The summed E-state index contributed by atoms with van der Waals surface area (Å²) in [6, 6.07) is 26.3. The Balaban J connectivity index is 0.000000803. The first kappa shape index (κ1) is 39.8. The lowest BCUT2D eigenvalue weighted by atomic mass is 10.0. The number of rotatable bonds is 9. The predicted octanol–water partition coefficient (Wildman–Crippen LogP) is 10.3. The van der Waals surface area contributed by atoms with E-state index in [1.54, 1.807) is 6.92 Å². The average Bonchev–Trinajstić information content (AvgIpc) is 2.99. The summed E-state index contributed by atoms with van der Waals surface area (Å²) in [5.41, 5.74) is 6.53. The van der Waals surface area contributed by atoms with Gasteiger partial charge in [0.05, 0.1) is 0 Å². The van der Waals surface area contributed by atoms with Crippen molar-refractivity contribution in [2.24, 2.45) is 0 Å². The summed E-state index contributed by atoms with van der Waals surface area (Å²) in [5, 5.41) is 2.74. The highest BCUT2D eigenvalue weighted by Gasteiger charge is 2.09. The van der Waals surface area contributed by atoms with Gasteiger partial charge in [-0.15, -0.1) is 0 Å². The Morgan fingerprint density at radius 1 is 0.773 bits per heavy atom. The molecular formula is C40H55NO3. The van der Waals surface area contributed by atoms with E-state index in [0.717, 1.165) is 35.3 Å². The van der Waals surface area contributed by atoms with Crippen LogP contribution in [0.4, 0.5) is 0 Å². The lowest BCUT2D eigenvalue weighted by Crippen LogP contribution is -2.38. The van der Waals surface area contributed by atoms with Crippen molar-refractivity contribution in [2.45, 2.75) is 94.2 Å². The number of carbonyl (C=O) groups is 2. The van der Waals surface area contributed by atoms with Gasteiger partial charge in [0.25, 0.3) is 0 Å². The molecule has 4 heteroatoms. The summed E-state index contributed by atoms with van der Waals surface area (Å²) < 4.78 is 5.92. The molecule has 1 N–H and O–H groups in total. The Morgan fingerprint density at radius 3 is 1.73 bits per heavy atom. The molecule has 0 bridgehead atoms. The molecule has 0 fully saturated rings. The number of aryl methyl sites for hydroxylation is 2. The molecule has 44 heavy (non-hydrogen) atoms. The molecular weight excluding hydrogens is 542 g/mol. The maximum atomic E-state index is 11.8. The summed E-state index contributed by atoms with van der Waals surface area (Å²) >= 11 is 0. The third-order valence-corrected chi connectivity index (χ3v) is 5.80. The monoisotopic (exact) mass is 597 g/mol. The molecule has 0 aliphatic carbocycles. The van der Waals surface area contributed by atoms with Crippen molar-refractivity contribution < 1.29 is 14.3 Å². The van der Waals surface area contributed by atoms with Crippen molar-refractivity contribution in [1.82, 2.24) is 5.32 Å². The summed E-state index contributed by atoms with van der Waals surface area (Å²) in [5.74, 6) is 0.836. The number of benzene rings is 3. The van der Waals surface area contributed by atoms with Gasteiger partial charge in [-0.25, -0.2) is 0 Å². The Hall–Kier alpha value is -4.18. The van der Waals surface area contributed by atoms with E-state index in [4.69, 9.17) is 4.74 Å². The van der Waals surface area contributed by atoms with E-state index in [2.05, 4.69) is 55.2 Å². The van der Waals surface area contributed by atoms with Gasteiger partial charge >= 0.3 is 0 Å². The number of ether oxygens (including phenoxy) is 1. The standard InChI is InChI=1S/C23H22O2.C9H14.C6H13NO.C2H6/c1-18(24)22-14-21(13-12-19-8-4-2-5-9-19)15-23(16-22)25-17-20-10-6-3-7-11-20;1-5-9(4)7-6-8(2)3;1-5(8)7-6(2,3)4;1-2/h2-11,14-16H,12-13,17H2,1H3;5-7H,2H2,1,3-4H3;1-4H3,(H,7,8);1-2H3/b;7-6-,9-5-;;. The van der Waals surface area contributed by atoms with Gasteiger partial charge in [0, 0.05) is 18.0 Å². The molecule has 3 rings (SSSR count). The van der Waals surface area contributed by atoms with Gasteiger partial charge in [-0.1, -0.05) is 110 Å². The highest BCUT2D eigenvalue weighted by Crippen LogP contribution is 2.21. The fourth-order valence-corrected chi connectivity index (χ4v) is 3.66. The molecule has 0 aliphatic heterocycles. The van der Waals surface area contributed by atoms with Crippen LogP contribution in [0.3, 0.4) is 0 Å². The summed E-state index contributed by atoms with van der Waals surface area (Å²) in [7, 11) is 0. The molecule has 0 saturated carbocycles. The second-order valence-electron chi connectivity index (χ2n) is 11.3. The van der Waals surface area contributed by atoms with Crippen molar-refractivity contribution in [1.29, 1.82) is 0 Å². The maximum absolute atomic E-state index is 11.8. The fourth-order valence-electron chi connectivity index (χ4n) is 3.66. The number of Topliss-reactive ketones (excluding diaryl/α,β-unsaturated/α-hetero) is 1. The van der Waals surface area contributed by atoms with Crippen LogP contribution >= 0.6 is 0 Å². The third-order valence-electron chi connectivity index (χ3n) is 5.80. The highest BCUT2D eigenvalue weighted by atomic mass is 16.5. The molecule has 3 aromatic rings. The molecule has 0 spiro atoms. The second kappa shape index (κ2) is 22.4. The molecule has 0 unspecified atom stereocenters. The van der Waals surface area contributed by atoms with E-state index < -0.39 is 0 Å². The third kappa shape index (κ3) is 20.7. The van der Waals surface area contributed by atoms with Gasteiger partial charge in [-0.05, 0) is 96.2 Å². The number of hydrogen-bond acceptors (Lipinski definition) is 3. The van der Waals surface area contributed by atoms with Crippen molar-refractivity contribution >= 4 is 11.7 Å². The number of amides is 1. The van der Waals surface area contributed by atoms with Crippen molar-refractivity contribution in [3.63, 3.8) is 0 Å². The van der Waals surface area contributed by atoms with Crippen molar-refractivity contribution in [2.75, 3.05) is 0 Å². The molecule has 0 aliphatic rings. The van der Waals surface area contributed by atoms with E-state index in [1.807, 2.05) is 109 Å². The second-order valence-corrected chi connectivity index (χ2v) is 11.3. The SMILES string of the molecule is C=C(C)/C=C\C(C)=C/C.CC.CC(=O)NC(C)(C)C.CC(=O)c1cc(CCc2ccccc2)cc(OCc2ccccc2)c1. The Labute approximate surface area is 268 Å².